The van der Waals surface area contributed by atoms with Crippen molar-refractivity contribution in [2.45, 2.75) is 290 Å². The lowest BCUT2D eigenvalue weighted by atomic mass is 10.1. The Hall–Kier alpha value is -2.56. The highest BCUT2D eigenvalue weighted by Crippen LogP contribution is 2.43. The Kier molecular flexibility index (Phi) is 52.7. The summed E-state index contributed by atoms with van der Waals surface area (Å²) in [6.45, 7) is 4.59. The van der Waals surface area contributed by atoms with Crippen LogP contribution in [0.5, 0.6) is 0 Å². The number of hydrogen-bond donors (Lipinski definition) is 2. The fourth-order valence-electron chi connectivity index (χ4n) is 8.14. The van der Waals surface area contributed by atoms with Crippen LogP contribution in [0.2, 0.25) is 0 Å². The Morgan fingerprint density at radius 3 is 1.07 bits per heavy atom. The van der Waals surface area contributed by atoms with E-state index in [9.17, 15) is 28.9 Å². The molecule has 0 aliphatic heterocycles. The molecular weight excluding hydrogens is 928 g/mol. The predicted molar refractivity (Wildman–Crippen MR) is 298 cm³/mol. The number of aliphatic hydroxyl groups is 1. The summed E-state index contributed by atoms with van der Waals surface area (Å²) in [5.74, 6) is -1.48. The molecule has 0 aromatic heterocycles. The Balaban J connectivity index is 4.69. The number of esters is 3. The predicted octanol–water partition coefficient (Wildman–Crippen LogP) is 17.4. The summed E-state index contributed by atoms with van der Waals surface area (Å²) in [6, 6.07) is 0. The van der Waals surface area contributed by atoms with Crippen LogP contribution in [0.1, 0.15) is 278 Å². The lowest BCUT2D eigenvalue weighted by Crippen LogP contribution is -2.30. The third-order valence-corrected chi connectivity index (χ3v) is 13.6. The first-order valence-corrected chi connectivity index (χ1v) is 31.0. The molecule has 0 aromatic carbocycles. The largest absolute Gasteiger partial charge is 0.472 e. The van der Waals surface area contributed by atoms with Crippen LogP contribution < -0.4 is 0 Å². The molecule has 12 heteroatoms. The van der Waals surface area contributed by atoms with Crippen molar-refractivity contribution >= 4 is 25.7 Å². The van der Waals surface area contributed by atoms with E-state index >= 15 is 0 Å². The molecule has 420 valence electrons. The van der Waals surface area contributed by atoms with Crippen molar-refractivity contribution in [3.8, 4) is 0 Å². The van der Waals surface area contributed by atoms with Gasteiger partial charge in [-0.2, -0.15) is 0 Å². The molecule has 0 spiro atoms. The zero-order valence-electron chi connectivity index (χ0n) is 46.4. The summed E-state index contributed by atoms with van der Waals surface area (Å²) in [5, 5.41) is 9.80. The van der Waals surface area contributed by atoms with Crippen molar-refractivity contribution in [1.29, 1.82) is 0 Å². The number of hydrogen-bond acceptors (Lipinski definition) is 10. The number of ether oxygens (including phenoxy) is 3. The lowest BCUT2D eigenvalue weighted by molar-refractivity contribution is -0.161. The summed E-state index contributed by atoms with van der Waals surface area (Å²) < 4.78 is 39.5. The number of phosphoric acid groups is 1. The number of rotatable bonds is 55. The van der Waals surface area contributed by atoms with Gasteiger partial charge in [0.1, 0.15) is 12.7 Å². The average molecular weight is 1040 g/mol. The SMILES string of the molecule is CCCCC/C=C\C/C=C\CCCCCCCCCCCC(=O)OCC(COP(=O)(O)OCC(CO)OC(=O)CCCCCCC/C=C\CCCCCC)OC(=O)CCCCCCC/C=C\CCCCCC. The van der Waals surface area contributed by atoms with Crippen molar-refractivity contribution in [1.82, 2.24) is 0 Å². The average Bonchev–Trinajstić information content (AvgIpc) is 3.37. The molecule has 0 bridgehead atoms. The summed E-state index contributed by atoms with van der Waals surface area (Å²) >= 11 is 0. The minimum absolute atomic E-state index is 0.157. The van der Waals surface area contributed by atoms with Crippen molar-refractivity contribution < 1.29 is 52.2 Å². The Labute approximate surface area is 441 Å². The molecule has 0 heterocycles. The highest BCUT2D eigenvalue weighted by molar-refractivity contribution is 7.47. The molecule has 0 aliphatic rings. The van der Waals surface area contributed by atoms with Gasteiger partial charge < -0.3 is 24.2 Å². The molecular formula is C60H109O11P. The van der Waals surface area contributed by atoms with Crippen LogP contribution >= 0.6 is 7.82 Å². The Morgan fingerprint density at radius 2 is 0.681 bits per heavy atom. The smallest absolute Gasteiger partial charge is 0.462 e. The van der Waals surface area contributed by atoms with Gasteiger partial charge in [-0.1, -0.05) is 204 Å². The Morgan fingerprint density at radius 1 is 0.389 bits per heavy atom. The zero-order chi connectivity index (χ0) is 52.7. The standard InChI is InChI=1S/C60H109O11P/c1-4-7-10-13-16-19-22-25-26-27-28-29-30-33-34-37-40-43-46-49-58(62)67-53-57(71-60(64)51-48-45-42-39-36-32-24-21-18-15-12-9-6-3)55-69-72(65,66)68-54-56(52-61)70-59(63)50-47-44-41-38-35-31-23-20-17-14-11-8-5-2/h16,19-21,23-26,56-57,61H,4-15,17-18,22,27-55H2,1-3H3,(H,65,66)/b19-16-,23-20-,24-21-,26-25-. The number of carbonyl (C=O) groups is 3. The normalized spacial score (nSPS) is 13.7. The summed E-state index contributed by atoms with van der Waals surface area (Å²) in [6.07, 6.45) is 57.8. The number of unbranched alkanes of at least 4 members (excludes halogenated alkanes) is 30. The van der Waals surface area contributed by atoms with Gasteiger partial charge in [-0.05, 0) is 103 Å². The van der Waals surface area contributed by atoms with E-state index in [-0.39, 0.29) is 25.9 Å². The van der Waals surface area contributed by atoms with Gasteiger partial charge in [0.05, 0.1) is 19.8 Å². The molecule has 0 saturated carbocycles. The lowest BCUT2D eigenvalue weighted by Gasteiger charge is -2.21. The van der Waals surface area contributed by atoms with Gasteiger partial charge in [0, 0.05) is 19.3 Å². The van der Waals surface area contributed by atoms with Gasteiger partial charge in [-0.15, -0.1) is 0 Å². The third kappa shape index (κ3) is 52.3. The highest BCUT2D eigenvalue weighted by Gasteiger charge is 2.28. The molecule has 0 rings (SSSR count). The van der Waals surface area contributed by atoms with E-state index in [0.717, 1.165) is 109 Å². The van der Waals surface area contributed by atoms with Gasteiger partial charge in [0.2, 0.25) is 0 Å². The summed E-state index contributed by atoms with van der Waals surface area (Å²) in [5.41, 5.74) is 0. The number of aliphatic hydroxyl groups excluding tert-OH is 1. The highest BCUT2D eigenvalue weighted by atomic mass is 31.2. The maximum absolute atomic E-state index is 12.9. The molecule has 72 heavy (non-hydrogen) atoms. The van der Waals surface area contributed by atoms with Crippen molar-refractivity contribution in [3.63, 3.8) is 0 Å². The fraction of sp³-hybridized carbons (Fsp3) is 0.817. The second-order valence-electron chi connectivity index (χ2n) is 19.8. The molecule has 0 radical (unpaired) electrons. The van der Waals surface area contributed by atoms with E-state index in [1.165, 1.54) is 109 Å². The van der Waals surface area contributed by atoms with E-state index in [4.69, 9.17) is 23.3 Å². The second kappa shape index (κ2) is 54.7. The van der Waals surface area contributed by atoms with Crippen LogP contribution in [-0.2, 0) is 42.2 Å². The fourth-order valence-corrected chi connectivity index (χ4v) is 8.92. The van der Waals surface area contributed by atoms with Gasteiger partial charge >= 0.3 is 25.7 Å². The topological polar surface area (TPSA) is 155 Å². The minimum atomic E-state index is -4.75. The first-order valence-electron chi connectivity index (χ1n) is 29.5. The maximum Gasteiger partial charge on any atom is 0.472 e. The molecule has 3 atom stereocenters. The number of carbonyl (C=O) groups excluding carboxylic acids is 3. The van der Waals surface area contributed by atoms with Crippen LogP contribution in [0.3, 0.4) is 0 Å². The van der Waals surface area contributed by atoms with Crippen molar-refractivity contribution in [2.24, 2.45) is 0 Å². The summed E-state index contributed by atoms with van der Waals surface area (Å²) in [7, 11) is -4.75. The molecule has 0 aromatic rings. The molecule has 2 N–H and O–H groups in total. The van der Waals surface area contributed by atoms with Crippen molar-refractivity contribution in [3.05, 3.63) is 48.6 Å². The van der Waals surface area contributed by atoms with Crippen LogP contribution in [-0.4, -0.2) is 66.5 Å². The van der Waals surface area contributed by atoms with Crippen molar-refractivity contribution in [2.75, 3.05) is 26.4 Å². The first kappa shape index (κ1) is 69.4. The minimum Gasteiger partial charge on any atom is -0.462 e. The molecule has 0 saturated heterocycles. The van der Waals surface area contributed by atoms with Gasteiger partial charge in [-0.25, -0.2) is 4.57 Å². The van der Waals surface area contributed by atoms with Gasteiger partial charge in [0.15, 0.2) is 6.10 Å². The zero-order valence-corrected chi connectivity index (χ0v) is 47.3. The van der Waals surface area contributed by atoms with Crippen LogP contribution in [0, 0.1) is 0 Å². The monoisotopic (exact) mass is 1040 g/mol. The molecule has 0 fully saturated rings. The third-order valence-electron chi connectivity index (χ3n) is 12.7. The van der Waals surface area contributed by atoms with Crippen LogP contribution in [0.25, 0.3) is 0 Å². The van der Waals surface area contributed by atoms with Gasteiger partial charge in [-0.3, -0.25) is 23.4 Å². The molecule has 3 unspecified atom stereocenters. The van der Waals surface area contributed by atoms with E-state index in [1.54, 1.807) is 0 Å². The first-order chi connectivity index (χ1) is 35.2. The summed E-state index contributed by atoms with van der Waals surface area (Å²) in [4.78, 5) is 48.5. The van der Waals surface area contributed by atoms with Gasteiger partial charge in [0.25, 0.3) is 0 Å². The quantitative estimate of drug-likeness (QED) is 0.0197. The van der Waals surface area contributed by atoms with E-state index < -0.39 is 57.8 Å². The second-order valence-corrected chi connectivity index (χ2v) is 21.3. The number of allylic oxidation sites excluding steroid dienone is 8. The van der Waals surface area contributed by atoms with Crippen LogP contribution in [0.15, 0.2) is 48.6 Å². The van der Waals surface area contributed by atoms with E-state index in [0.29, 0.717) is 19.3 Å². The van der Waals surface area contributed by atoms with Crippen LogP contribution in [0.4, 0.5) is 0 Å². The molecule has 0 aliphatic carbocycles. The van der Waals surface area contributed by atoms with E-state index in [2.05, 4.69) is 69.4 Å². The maximum atomic E-state index is 12.9. The Bertz CT molecular complexity index is 1400. The van der Waals surface area contributed by atoms with E-state index in [1.807, 2.05) is 0 Å². The molecule has 11 nitrogen and oxygen atoms in total. The molecule has 0 amide bonds. The number of phosphoric ester groups is 1.